The highest BCUT2D eigenvalue weighted by atomic mass is 19.3. The predicted octanol–water partition coefficient (Wildman–Crippen LogP) is 3.46. The number of hydrogen-bond donors (Lipinski definition) is 0. The fraction of sp³-hybridized carbons (Fsp3) is 0.714. The second kappa shape index (κ2) is 8.66. The Morgan fingerprint density at radius 1 is 1.05 bits per heavy atom. The topological polar surface area (TPSA) is 52.6 Å². The second-order valence-corrected chi connectivity index (χ2v) is 5.30. The molecule has 0 rings (SSSR count). The predicted molar refractivity (Wildman–Crippen MR) is 70.1 cm³/mol. The molecule has 0 atom stereocenters. The van der Waals surface area contributed by atoms with Gasteiger partial charge in [-0.15, -0.1) is 0 Å². The molecular weight excluding hydrogens is 270 g/mol. The van der Waals surface area contributed by atoms with Crippen molar-refractivity contribution in [1.82, 2.24) is 0 Å². The van der Waals surface area contributed by atoms with E-state index in [1.807, 2.05) is 0 Å². The maximum absolute atomic E-state index is 12.6. The molecule has 0 aromatic carbocycles. The van der Waals surface area contributed by atoms with E-state index in [9.17, 15) is 18.4 Å². The van der Waals surface area contributed by atoms with Crippen molar-refractivity contribution in [3.05, 3.63) is 11.7 Å². The number of hydrogen-bond acceptors (Lipinski definition) is 4. The van der Waals surface area contributed by atoms with Crippen molar-refractivity contribution in [2.45, 2.75) is 47.0 Å². The van der Waals surface area contributed by atoms with Gasteiger partial charge in [-0.2, -0.15) is 8.78 Å². The number of rotatable bonds is 7. The Labute approximate surface area is 118 Å². The molecule has 0 bridgehead atoms. The largest absolute Gasteiger partial charge is 0.465 e. The normalized spacial score (nSPS) is 10.9. The van der Waals surface area contributed by atoms with Gasteiger partial charge in [0.05, 0.1) is 18.6 Å². The van der Waals surface area contributed by atoms with E-state index >= 15 is 0 Å². The summed E-state index contributed by atoms with van der Waals surface area (Å²) in [6.45, 7) is 6.96. The Hall–Kier alpha value is -1.46. The van der Waals surface area contributed by atoms with Crippen LogP contribution in [0.2, 0.25) is 0 Å². The summed E-state index contributed by atoms with van der Waals surface area (Å²) < 4.78 is 34.7. The molecule has 0 heterocycles. The summed E-state index contributed by atoms with van der Waals surface area (Å²) >= 11 is 0. The molecule has 4 nitrogen and oxygen atoms in total. The van der Waals surface area contributed by atoms with E-state index in [4.69, 9.17) is 4.74 Å². The Morgan fingerprint density at radius 2 is 1.65 bits per heavy atom. The average molecular weight is 292 g/mol. The molecule has 0 aliphatic heterocycles. The van der Waals surface area contributed by atoms with Crippen LogP contribution in [0.3, 0.4) is 0 Å². The summed E-state index contributed by atoms with van der Waals surface area (Å²) in [7, 11) is 0. The van der Waals surface area contributed by atoms with Gasteiger partial charge in [0.1, 0.15) is 5.57 Å². The highest BCUT2D eigenvalue weighted by Gasteiger charge is 2.22. The minimum atomic E-state index is -2.02. The van der Waals surface area contributed by atoms with Crippen LogP contribution in [0.1, 0.15) is 47.0 Å². The molecule has 0 saturated heterocycles. The lowest BCUT2D eigenvalue weighted by Gasteiger charge is -2.16. The Balaban J connectivity index is 4.08. The van der Waals surface area contributed by atoms with Gasteiger partial charge in [-0.1, -0.05) is 0 Å². The maximum atomic E-state index is 12.6. The van der Waals surface area contributed by atoms with Gasteiger partial charge in [-0.3, -0.25) is 4.79 Å². The van der Waals surface area contributed by atoms with Crippen molar-refractivity contribution in [3.8, 4) is 0 Å². The number of halogens is 2. The molecule has 0 amide bonds. The third-order valence-corrected chi connectivity index (χ3v) is 2.42. The first-order chi connectivity index (χ1) is 9.20. The van der Waals surface area contributed by atoms with Crippen LogP contribution in [0.25, 0.3) is 0 Å². The van der Waals surface area contributed by atoms with Gasteiger partial charge in [-0.05, 0) is 47.0 Å². The molecular formula is C14H22F2O4. The molecule has 0 radical (unpaired) electrons. The van der Waals surface area contributed by atoms with Crippen LogP contribution in [0.15, 0.2) is 11.7 Å². The van der Waals surface area contributed by atoms with E-state index in [1.165, 1.54) is 0 Å². The molecule has 6 heteroatoms. The molecule has 0 aliphatic carbocycles. The highest BCUT2D eigenvalue weighted by molar-refractivity contribution is 5.88. The van der Waals surface area contributed by atoms with Gasteiger partial charge >= 0.3 is 11.9 Å². The van der Waals surface area contributed by atoms with E-state index in [0.717, 1.165) is 0 Å². The summed E-state index contributed by atoms with van der Waals surface area (Å²) in [6.07, 6.45) is -1.37. The number of unbranched alkanes of at least 4 members (excludes halogenated alkanes) is 1. The maximum Gasteiger partial charge on any atom is 0.339 e. The molecule has 0 N–H and O–H groups in total. The minimum absolute atomic E-state index is 0.0544. The second-order valence-electron chi connectivity index (χ2n) is 5.30. The van der Waals surface area contributed by atoms with E-state index in [-0.39, 0.29) is 25.6 Å². The van der Waals surface area contributed by atoms with Gasteiger partial charge in [0, 0.05) is 0 Å². The van der Waals surface area contributed by atoms with Crippen LogP contribution >= 0.6 is 0 Å². The van der Waals surface area contributed by atoms with Crippen molar-refractivity contribution in [2.24, 2.45) is 5.41 Å². The van der Waals surface area contributed by atoms with Crippen LogP contribution in [-0.4, -0.2) is 25.2 Å². The summed E-state index contributed by atoms with van der Waals surface area (Å²) in [5.74, 6) is -1.32. The van der Waals surface area contributed by atoms with Crippen molar-refractivity contribution in [1.29, 1.82) is 0 Å². The molecule has 20 heavy (non-hydrogen) atoms. The molecule has 0 unspecified atom stereocenters. The van der Waals surface area contributed by atoms with Gasteiger partial charge < -0.3 is 9.47 Å². The standard InChI is InChI=1S/C14H22F2O4/c1-5-19-12(17)10(11(15)16)8-6-7-9-20-13(18)14(2,3)4/h5-9H2,1-4H3. The number of carbonyl (C=O) groups excluding carboxylic acids is 2. The monoisotopic (exact) mass is 292 g/mol. The van der Waals surface area contributed by atoms with Gasteiger partial charge in [0.15, 0.2) is 0 Å². The lowest BCUT2D eigenvalue weighted by molar-refractivity contribution is -0.153. The first kappa shape index (κ1) is 18.5. The van der Waals surface area contributed by atoms with E-state index in [1.54, 1.807) is 27.7 Å². The van der Waals surface area contributed by atoms with Crippen LogP contribution in [0.4, 0.5) is 8.78 Å². The lowest BCUT2D eigenvalue weighted by Crippen LogP contribution is -2.23. The van der Waals surface area contributed by atoms with Crippen LogP contribution in [-0.2, 0) is 19.1 Å². The first-order valence-electron chi connectivity index (χ1n) is 6.58. The summed E-state index contributed by atoms with van der Waals surface area (Å²) in [5, 5.41) is 0. The highest BCUT2D eigenvalue weighted by Crippen LogP contribution is 2.18. The Bertz CT molecular complexity index is 366. The number of esters is 2. The summed E-state index contributed by atoms with van der Waals surface area (Å²) in [6, 6.07) is 0. The third-order valence-electron chi connectivity index (χ3n) is 2.42. The first-order valence-corrected chi connectivity index (χ1v) is 6.58. The van der Waals surface area contributed by atoms with Crippen molar-refractivity contribution in [2.75, 3.05) is 13.2 Å². The van der Waals surface area contributed by atoms with Crippen molar-refractivity contribution < 1.29 is 27.8 Å². The molecule has 0 fully saturated rings. The zero-order chi connectivity index (χ0) is 15.8. The molecule has 0 saturated carbocycles. The van der Waals surface area contributed by atoms with Crippen LogP contribution < -0.4 is 0 Å². The van der Waals surface area contributed by atoms with Crippen molar-refractivity contribution in [3.63, 3.8) is 0 Å². The van der Waals surface area contributed by atoms with Crippen LogP contribution in [0.5, 0.6) is 0 Å². The fourth-order valence-electron chi connectivity index (χ4n) is 1.28. The Kier molecular flexibility index (Phi) is 8.03. The fourth-order valence-corrected chi connectivity index (χ4v) is 1.28. The van der Waals surface area contributed by atoms with E-state index in [2.05, 4.69) is 4.74 Å². The molecule has 0 spiro atoms. The quantitative estimate of drug-likeness (QED) is 0.409. The van der Waals surface area contributed by atoms with Gasteiger partial charge in [0.2, 0.25) is 0 Å². The van der Waals surface area contributed by atoms with Crippen LogP contribution in [0, 0.1) is 5.41 Å². The smallest absolute Gasteiger partial charge is 0.339 e. The summed E-state index contributed by atoms with van der Waals surface area (Å²) in [4.78, 5) is 22.7. The molecule has 0 aliphatic rings. The van der Waals surface area contributed by atoms with Gasteiger partial charge in [-0.25, -0.2) is 4.79 Å². The number of carbonyl (C=O) groups is 2. The molecule has 0 aromatic rings. The van der Waals surface area contributed by atoms with E-state index < -0.39 is 23.0 Å². The minimum Gasteiger partial charge on any atom is -0.465 e. The SMILES string of the molecule is CCOC(=O)C(CCCCOC(=O)C(C)(C)C)=C(F)F. The lowest BCUT2D eigenvalue weighted by atomic mass is 9.97. The Morgan fingerprint density at radius 3 is 2.10 bits per heavy atom. The zero-order valence-electron chi connectivity index (χ0n) is 12.4. The summed E-state index contributed by atoms with van der Waals surface area (Å²) in [5.41, 5.74) is -1.19. The molecule has 0 aromatic heterocycles. The van der Waals surface area contributed by atoms with Crippen molar-refractivity contribution >= 4 is 11.9 Å². The molecule has 116 valence electrons. The number of ether oxygens (including phenoxy) is 2. The van der Waals surface area contributed by atoms with E-state index in [0.29, 0.717) is 12.8 Å². The van der Waals surface area contributed by atoms with Gasteiger partial charge in [0.25, 0.3) is 6.08 Å². The zero-order valence-corrected chi connectivity index (χ0v) is 12.4. The average Bonchev–Trinajstić information content (AvgIpc) is 2.31. The third kappa shape index (κ3) is 7.21.